The van der Waals surface area contributed by atoms with Gasteiger partial charge in [0.1, 0.15) is 0 Å². The van der Waals surface area contributed by atoms with Gasteiger partial charge in [-0.1, -0.05) is 18.9 Å². The molecule has 59 valence electrons. The van der Waals surface area contributed by atoms with Crippen LogP contribution in [0.3, 0.4) is 0 Å². The summed E-state index contributed by atoms with van der Waals surface area (Å²) in [7, 11) is 0. The maximum Gasteiger partial charge on any atom is 0.0822 e. The molecule has 1 radical (unpaired) electrons. The van der Waals surface area contributed by atoms with E-state index in [1.54, 1.807) is 0 Å². The highest BCUT2D eigenvalue weighted by molar-refractivity contribution is 4.77. The molecule has 0 saturated heterocycles. The van der Waals surface area contributed by atoms with Crippen molar-refractivity contribution in [1.29, 1.82) is 0 Å². The van der Waals surface area contributed by atoms with Gasteiger partial charge in [0.2, 0.25) is 0 Å². The molecule has 10 heavy (non-hydrogen) atoms. The van der Waals surface area contributed by atoms with Crippen molar-refractivity contribution in [3.8, 4) is 0 Å². The third-order valence-corrected chi connectivity index (χ3v) is 1.42. The Bertz CT molecular complexity index is 81.3. The van der Waals surface area contributed by atoms with E-state index in [0.717, 1.165) is 25.7 Å². The van der Waals surface area contributed by atoms with Crippen molar-refractivity contribution < 1.29 is 10.2 Å². The molecule has 0 rings (SSSR count). The summed E-state index contributed by atoms with van der Waals surface area (Å²) in [6.07, 6.45) is 4.46. The summed E-state index contributed by atoms with van der Waals surface area (Å²) in [5.41, 5.74) is 0. The molecule has 0 spiro atoms. The number of aliphatic hydroxyl groups excluding tert-OH is 1. The lowest BCUT2D eigenvalue weighted by Gasteiger charge is -2.02. The van der Waals surface area contributed by atoms with E-state index < -0.39 is 0 Å². The second kappa shape index (κ2) is 6.78. The van der Waals surface area contributed by atoms with Crippen LogP contribution in [0.5, 0.6) is 0 Å². The van der Waals surface area contributed by atoms with Gasteiger partial charge in [-0.15, -0.1) is 6.58 Å². The Morgan fingerprint density at radius 2 is 2.10 bits per heavy atom. The minimum atomic E-state index is -0.383. The minimum Gasteiger partial charge on any atom is -0.389 e. The van der Waals surface area contributed by atoms with Gasteiger partial charge in [0.05, 0.1) is 12.7 Å². The first-order valence-electron chi connectivity index (χ1n) is 3.70. The van der Waals surface area contributed by atoms with Crippen LogP contribution in [0, 0.1) is 0 Å². The molecule has 1 unspecified atom stereocenters. The zero-order chi connectivity index (χ0) is 7.82. The highest BCUT2D eigenvalue weighted by atomic mass is 16.3. The fourth-order valence-electron chi connectivity index (χ4n) is 0.750. The van der Waals surface area contributed by atoms with Crippen molar-refractivity contribution >= 4 is 0 Å². The summed E-state index contributed by atoms with van der Waals surface area (Å²) in [5, 5.41) is 18.9. The molecule has 0 aliphatic heterocycles. The quantitative estimate of drug-likeness (QED) is 0.444. The Labute approximate surface area is 62.2 Å². The molecule has 1 N–H and O–H groups in total. The Morgan fingerprint density at radius 1 is 1.40 bits per heavy atom. The highest BCUT2D eigenvalue weighted by Gasteiger charge is 1.96. The van der Waals surface area contributed by atoms with Gasteiger partial charge in [-0.2, -0.15) is 0 Å². The first-order chi connectivity index (χ1) is 4.81. The summed E-state index contributed by atoms with van der Waals surface area (Å²) in [4.78, 5) is 0. The van der Waals surface area contributed by atoms with E-state index >= 15 is 0 Å². The molecule has 1 atom stereocenters. The van der Waals surface area contributed by atoms with E-state index in [1.165, 1.54) is 6.08 Å². The van der Waals surface area contributed by atoms with Gasteiger partial charge in [-0.05, 0) is 12.8 Å². The molecule has 0 saturated carbocycles. The normalized spacial score (nSPS) is 13.0. The van der Waals surface area contributed by atoms with E-state index in [1.807, 2.05) is 0 Å². The standard InChI is InChI=1S/C8H15O2/c1-2-8(10)6-4-3-5-7-9/h2,8,10H,1,3-7H2. The lowest BCUT2D eigenvalue weighted by Crippen LogP contribution is -2.00. The smallest absolute Gasteiger partial charge is 0.0822 e. The van der Waals surface area contributed by atoms with Gasteiger partial charge >= 0.3 is 0 Å². The average molecular weight is 143 g/mol. The molecule has 0 aromatic carbocycles. The molecule has 0 amide bonds. The van der Waals surface area contributed by atoms with E-state index in [2.05, 4.69) is 6.58 Å². The number of aliphatic hydroxyl groups is 1. The van der Waals surface area contributed by atoms with Gasteiger partial charge in [-0.3, -0.25) is 0 Å². The van der Waals surface area contributed by atoms with E-state index in [-0.39, 0.29) is 12.7 Å². The fourth-order valence-corrected chi connectivity index (χ4v) is 0.750. The third-order valence-electron chi connectivity index (χ3n) is 1.42. The predicted molar refractivity (Wildman–Crippen MR) is 40.2 cm³/mol. The number of hydrogen-bond donors (Lipinski definition) is 1. The number of hydrogen-bond acceptors (Lipinski definition) is 1. The highest BCUT2D eigenvalue weighted by Crippen LogP contribution is 2.03. The number of rotatable bonds is 6. The van der Waals surface area contributed by atoms with Crippen molar-refractivity contribution in [2.45, 2.75) is 31.8 Å². The molecule has 0 aromatic rings. The Hall–Kier alpha value is -0.340. The molecule has 2 heteroatoms. The molecule has 0 bridgehead atoms. The third kappa shape index (κ3) is 5.79. The second-order valence-electron chi connectivity index (χ2n) is 2.36. The van der Waals surface area contributed by atoms with Crippen LogP contribution in [0.15, 0.2) is 12.7 Å². The average Bonchev–Trinajstić information content (AvgIpc) is 1.98. The Morgan fingerprint density at radius 3 is 2.60 bits per heavy atom. The molecule has 2 nitrogen and oxygen atoms in total. The van der Waals surface area contributed by atoms with E-state index in [0.29, 0.717) is 0 Å². The maximum atomic E-state index is 9.96. The number of unbranched alkanes of at least 4 members (excludes halogenated alkanes) is 2. The van der Waals surface area contributed by atoms with Crippen LogP contribution in [0.4, 0.5) is 0 Å². The van der Waals surface area contributed by atoms with Crippen LogP contribution in [-0.4, -0.2) is 17.8 Å². The summed E-state index contributed by atoms with van der Waals surface area (Å²) in [5.74, 6) is 0. The summed E-state index contributed by atoms with van der Waals surface area (Å²) in [6, 6.07) is 0. The predicted octanol–water partition coefficient (Wildman–Crippen LogP) is 1.52. The zero-order valence-corrected chi connectivity index (χ0v) is 6.25. The van der Waals surface area contributed by atoms with Gasteiger partial charge in [0.25, 0.3) is 0 Å². The first kappa shape index (κ1) is 9.66. The summed E-state index contributed by atoms with van der Waals surface area (Å²) in [6.45, 7) is 3.45. The van der Waals surface area contributed by atoms with Crippen LogP contribution in [-0.2, 0) is 5.11 Å². The molecular formula is C8H15O2. The minimum absolute atomic E-state index is 0.00415. The fraction of sp³-hybridized carbons (Fsp3) is 0.750. The Balaban J connectivity index is 2.95. The van der Waals surface area contributed by atoms with Gasteiger partial charge < -0.3 is 5.11 Å². The molecule has 0 fully saturated rings. The first-order valence-corrected chi connectivity index (χ1v) is 3.70. The van der Waals surface area contributed by atoms with Crippen LogP contribution in [0.25, 0.3) is 0 Å². The van der Waals surface area contributed by atoms with Crippen molar-refractivity contribution in [3.63, 3.8) is 0 Å². The van der Waals surface area contributed by atoms with Crippen LogP contribution < -0.4 is 0 Å². The van der Waals surface area contributed by atoms with Crippen molar-refractivity contribution in [2.24, 2.45) is 0 Å². The Kier molecular flexibility index (Phi) is 6.55. The van der Waals surface area contributed by atoms with Gasteiger partial charge in [0, 0.05) is 0 Å². The second-order valence-corrected chi connectivity index (χ2v) is 2.36. The van der Waals surface area contributed by atoms with Crippen LogP contribution in [0.1, 0.15) is 25.7 Å². The zero-order valence-electron chi connectivity index (χ0n) is 6.25. The van der Waals surface area contributed by atoms with Crippen molar-refractivity contribution in [1.82, 2.24) is 0 Å². The van der Waals surface area contributed by atoms with E-state index in [4.69, 9.17) is 5.11 Å². The topological polar surface area (TPSA) is 40.1 Å². The molecular weight excluding hydrogens is 128 g/mol. The van der Waals surface area contributed by atoms with Crippen molar-refractivity contribution in [2.75, 3.05) is 6.61 Å². The maximum absolute atomic E-state index is 9.96. The summed E-state index contributed by atoms with van der Waals surface area (Å²) >= 11 is 0. The molecule has 0 aromatic heterocycles. The lowest BCUT2D eigenvalue weighted by atomic mass is 10.1. The van der Waals surface area contributed by atoms with Crippen molar-refractivity contribution in [3.05, 3.63) is 12.7 Å². The van der Waals surface area contributed by atoms with Gasteiger partial charge in [-0.25, -0.2) is 5.11 Å². The molecule has 0 heterocycles. The molecule has 0 aliphatic carbocycles. The molecule has 0 aliphatic rings. The monoisotopic (exact) mass is 143 g/mol. The SMILES string of the molecule is C=CC(O)CCCCC[O]. The summed E-state index contributed by atoms with van der Waals surface area (Å²) < 4.78 is 0. The lowest BCUT2D eigenvalue weighted by molar-refractivity contribution is 0.179. The van der Waals surface area contributed by atoms with Crippen LogP contribution in [0.2, 0.25) is 0 Å². The largest absolute Gasteiger partial charge is 0.389 e. The van der Waals surface area contributed by atoms with Crippen LogP contribution >= 0.6 is 0 Å². The van der Waals surface area contributed by atoms with Gasteiger partial charge in [0.15, 0.2) is 0 Å². The van der Waals surface area contributed by atoms with E-state index in [9.17, 15) is 5.11 Å².